The predicted molar refractivity (Wildman–Crippen MR) is 101 cm³/mol. The molecule has 2 rings (SSSR count). The lowest BCUT2D eigenvalue weighted by Crippen LogP contribution is -2.35. The molecule has 5 heteroatoms. The molecule has 0 aromatic heterocycles. The van der Waals surface area contributed by atoms with Gasteiger partial charge in [0.25, 0.3) is 0 Å². The smallest absolute Gasteiger partial charge is 0.223 e. The van der Waals surface area contributed by atoms with E-state index < -0.39 is 0 Å². The topological polar surface area (TPSA) is 64.4 Å². The summed E-state index contributed by atoms with van der Waals surface area (Å²) in [4.78, 5) is 12.4. The van der Waals surface area contributed by atoms with Crippen molar-refractivity contribution in [2.75, 3.05) is 6.54 Å². The summed E-state index contributed by atoms with van der Waals surface area (Å²) in [5.74, 6) is 1.37. The third kappa shape index (κ3) is 5.67. The van der Waals surface area contributed by atoms with Crippen LogP contribution in [0.15, 0.2) is 18.2 Å². The lowest BCUT2D eigenvalue weighted by molar-refractivity contribution is -0.126. The molecule has 1 aliphatic carbocycles. The van der Waals surface area contributed by atoms with E-state index in [4.69, 9.17) is 10.5 Å². The van der Waals surface area contributed by atoms with Gasteiger partial charge in [0.15, 0.2) is 0 Å². The van der Waals surface area contributed by atoms with E-state index in [1.165, 1.54) is 0 Å². The van der Waals surface area contributed by atoms with E-state index in [-0.39, 0.29) is 29.8 Å². The van der Waals surface area contributed by atoms with Crippen LogP contribution in [0, 0.1) is 18.8 Å². The number of halogens is 1. The number of nitrogens with one attached hydrogen (secondary N) is 1. The summed E-state index contributed by atoms with van der Waals surface area (Å²) in [5, 5.41) is 3.08. The number of carbonyl (C=O) groups excluding carboxylic acids is 1. The Morgan fingerprint density at radius 3 is 2.67 bits per heavy atom. The highest BCUT2D eigenvalue weighted by Gasteiger charge is 2.31. The number of amides is 1. The molecule has 0 unspecified atom stereocenters. The molecule has 1 aliphatic rings. The Kier molecular flexibility index (Phi) is 7.56. The van der Waals surface area contributed by atoms with Crippen LogP contribution < -0.4 is 15.8 Å². The van der Waals surface area contributed by atoms with Crippen LogP contribution in [0.25, 0.3) is 0 Å². The monoisotopic (exact) mass is 354 g/mol. The molecule has 1 fully saturated rings. The van der Waals surface area contributed by atoms with E-state index in [9.17, 15) is 4.79 Å². The Balaban J connectivity index is 0.00000288. The van der Waals surface area contributed by atoms with Crippen LogP contribution in [0.3, 0.4) is 0 Å². The Morgan fingerprint density at radius 1 is 1.33 bits per heavy atom. The zero-order chi connectivity index (χ0) is 17.0. The minimum absolute atomic E-state index is 0. The fraction of sp³-hybridized carbons (Fsp3) is 0.632. The van der Waals surface area contributed by atoms with Crippen molar-refractivity contribution in [2.45, 2.75) is 59.1 Å². The first-order chi connectivity index (χ1) is 10.8. The van der Waals surface area contributed by atoms with E-state index in [2.05, 4.69) is 11.4 Å². The third-order valence-electron chi connectivity index (χ3n) is 4.39. The molecule has 0 heterocycles. The minimum Gasteiger partial charge on any atom is -0.488 e. The highest BCUT2D eigenvalue weighted by atomic mass is 35.5. The van der Waals surface area contributed by atoms with Crippen molar-refractivity contribution < 1.29 is 9.53 Å². The lowest BCUT2D eigenvalue weighted by Gasteiger charge is -2.24. The average molecular weight is 355 g/mol. The van der Waals surface area contributed by atoms with Crippen molar-refractivity contribution in [1.29, 1.82) is 0 Å². The predicted octanol–water partition coefficient (Wildman–Crippen LogP) is 3.59. The van der Waals surface area contributed by atoms with Crippen LogP contribution in [0.1, 0.15) is 51.2 Å². The maximum absolute atomic E-state index is 12.4. The van der Waals surface area contributed by atoms with Gasteiger partial charge in [-0.1, -0.05) is 18.6 Å². The molecule has 3 N–H and O–H groups in total. The standard InChI is InChI=1S/C19H30N2O2.ClH/c1-13-8-9-15(17(10-13)23-19(2,3)4)12-21-18(22)16-7-5-6-14(16)11-20;/h8-10,14,16H,5-7,11-12,20H2,1-4H3,(H,21,22);1H/t14-,16-;/m1./s1. The molecule has 1 aromatic rings. The first kappa shape index (κ1) is 20.8. The van der Waals surface area contributed by atoms with Gasteiger partial charge >= 0.3 is 0 Å². The number of nitrogens with two attached hydrogens (primary N) is 1. The number of benzene rings is 1. The summed E-state index contributed by atoms with van der Waals surface area (Å²) in [6.45, 7) is 9.23. The lowest BCUT2D eigenvalue weighted by atomic mass is 9.95. The number of aryl methyl sites for hydroxylation is 1. The molecule has 0 aliphatic heterocycles. The van der Waals surface area contributed by atoms with Gasteiger partial charge in [0.05, 0.1) is 0 Å². The number of hydrogen-bond donors (Lipinski definition) is 2. The summed E-state index contributed by atoms with van der Waals surface area (Å²) >= 11 is 0. The van der Waals surface area contributed by atoms with Crippen LogP contribution in [0.5, 0.6) is 5.75 Å². The first-order valence-corrected chi connectivity index (χ1v) is 8.56. The minimum atomic E-state index is -0.261. The van der Waals surface area contributed by atoms with E-state index in [1.54, 1.807) is 0 Å². The van der Waals surface area contributed by atoms with E-state index in [0.29, 0.717) is 19.0 Å². The van der Waals surface area contributed by atoms with E-state index in [0.717, 1.165) is 36.1 Å². The molecular formula is C19H31ClN2O2. The second kappa shape index (κ2) is 8.72. The molecule has 4 nitrogen and oxygen atoms in total. The summed E-state index contributed by atoms with van der Waals surface area (Å²) in [6.07, 6.45) is 3.12. The van der Waals surface area contributed by atoms with Crippen molar-refractivity contribution >= 4 is 18.3 Å². The molecule has 24 heavy (non-hydrogen) atoms. The van der Waals surface area contributed by atoms with E-state index >= 15 is 0 Å². The largest absolute Gasteiger partial charge is 0.488 e. The molecule has 1 amide bonds. The highest BCUT2D eigenvalue weighted by Crippen LogP contribution is 2.31. The number of rotatable bonds is 5. The fourth-order valence-electron chi connectivity index (χ4n) is 3.21. The molecule has 0 radical (unpaired) electrons. The summed E-state index contributed by atoms with van der Waals surface area (Å²) in [5.41, 5.74) is 7.68. The number of carbonyl (C=O) groups is 1. The highest BCUT2D eigenvalue weighted by molar-refractivity contribution is 5.85. The van der Waals surface area contributed by atoms with Crippen LogP contribution >= 0.6 is 12.4 Å². The molecular weight excluding hydrogens is 324 g/mol. The molecule has 0 saturated heterocycles. The van der Waals surface area contributed by atoms with Crippen LogP contribution in [-0.4, -0.2) is 18.1 Å². The maximum Gasteiger partial charge on any atom is 0.223 e. The maximum atomic E-state index is 12.4. The Labute approximate surface area is 151 Å². The van der Waals surface area contributed by atoms with Gasteiger partial charge in [-0.05, 0) is 64.6 Å². The second-order valence-electron chi connectivity index (χ2n) is 7.58. The van der Waals surface area contributed by atoms with Gasteiger partial charge in [-0.3, -0.25) is 4.79 Å². The van der Waals surface area contributed by atoms with Crippen molar-refractivity contribution in [3.63, 3.8) is 0 Å². The Hall–Kier alpha value is -1.26. The van der Waals surface area contributed by atoms with Crippen LogP contribution in [0.4, 0.5) is 0 Å². The van der Waals surface area contributed by atoms with Crippen molar-refractivity contribution in [3.05, 3.63) is 29.3 Å². The second-order valence-corrected chi connectivity index (χ2v) is 7.58. The number of ether oxygens (including phenoxy) is 1. The normalized spacial score (nSPS) is 20.4. The Morgan fingerprint density at radius 2 is 2.04 bits per heavy atom. The number of hydrogen-bond acceptors (Lipinski definition) is 3. The summed E-state index contributed by atoms with van der Waals surface area (Å²) in [6, 6.07) is 6.12. The zero-order valence-electron chi connectivity index (χ0n) is 15.2. The first-order valence-electron chi connectivity index (χ1n) is 8.56. The fourth-order valence-corrected chi connectivity index (χ4v) is 3.21. The van der Waals surface area contributed by atoms with Gasteiger partial charge in [0.2, 0.25) is 5.91 Å². The third-order valence-corrected chi connectivity index (χ3v) is 4.39. The average Bonchev–Trinajstić information content (AvgIpc) is 2.93. The molecule has 1 saturated carbocycles. The zero-order valence-corrected chi connectivity index (χ0v) is 16.0. The molecule has 0 spiro atoms. The van der Waals surface area contributed by atoms with Gasteiger partial charge in [-0.25, -0.2) is 0 Å². The Bertz CT molecular complexity index is 555. The van der Waals surface area contributed by atoms with Gasteiger partial charge in [0.1, 0.15) is 11.4 Å². The van der Waals surface area contributed by atoms with Gasteiger partial charge in [-0.15, -0.1) is 12.4 Å². The van der Waals surface area contributed by atoms with Gasteiger partial charge < -0.3 is 15.8 Å². The summed E-state index contributed by atoms with van der Waals surface area (Å²) in [7, 11) is 0. The van der Waals surface area contributed by atoms with Crippen molar-refractivity contribution in [2.24, 2.45) is 17.6 Å². The molecule has 0 bridgehead atoms. The van der Waals surface area contributed by atoms with E-state index in [1.807, 2.05) is 39.8 Å². The van der Waals surface area contributed by atoms with Crippen molar-refractivity contribution in [3.8, 4) is 5.75 Å². The molecule has 2 atom stereocenters. The summed E-state index contributed by atoms with van der Waals surface area (Å²) < 4.78 is 6.04. The quantitative estimate of drug-likeness (QED) is 0.849. The van der Waals surface area contributed by atoms with Crippen LogP contribution in [-0.2, 0) is 11.3 Å². The SMILES string of the molecule is Cc1ccc(CNC(=O)[C@@H]2CCC[C@@H]2CN)c(OC(C)(C)C)c1.Cl. The van der Waals surface area contributed by atoms with Gasteiger partial charge in [-0.2, -0.15) is 0 Å². The molecule has 1 aromatic carbocycles. The van der Waals surface area contributed by atoms with Gasteiger partial charge in [0, 0.05) is 18.0 Å². The van der Waals surface area contributed by atoms with Crippen LogP contribution in [0.2, 0.25) is 0 Å². The molecule has 136 valence electrons. The van der Waals surface area contributed by atoms with Crippen molar-refractivity contribution in [1.82, 2.24) is 5.32 Å².